The van der Waals surface area contributed by atoms with Crippen LogP contribution in [0.1, 0.15) is 37.4 Å². The molecule has 182 valence electrons. The number of phenolic OH excluding ortho intramolecular Hbond substituents is 1. The minimum absolute atomic E-state index is 0.0306. The molecule has 0 bridgehead atoms. The monoisotopic (exact) mass is 489 g/mol. The SMILES string of the molecule is COc1cc(/C(O)=C2\C(=O)C(=O)N(CCCOC(C)C)C2c2cccc(O)c2)c(OC)cc1Cl. The number of ketones is 1. The second kappa shape index (κ2) is 10.8. The van der Waals surface area contributed by atoms with Crippen LogP contribution in [0.2, 0.25) is 5.02 Å². The number of methoxy groups -OCH3 is 2. The van der Waals surface area contributed by atoms with Gasteiger partial charge in [0.05, 0.1) is 42.5 Å². The van der Waals surface area contributed by atoms with Crippen molar-refractivity contribution in [3.63, 3.8) is 0 Å². The lowest BCUT2D eigenvalue weighted by molar-refractivity contribution is -0.140. The summed E-state index contributed by atoms with van der Waals surface area (Å²) >= 11 is 6.18. The molecule has 0 aliphatic carbocycles. The van der Waals surface area contributed by atoms with Crippen LogP contribution in [0.3, 0.4) is 0 Å². The van der Waals surface area contributed by atoms with Crippen molar-refractivity contribution >= 4 is 29.1 Å². The molecule has 0 radical (unpaired) electrons. The van der Waals surface area contributed by atoms with E-state index in [4.69, 9.17) is 25.8 Å². The number of phenols is 1. The topological polar surface area (TPSA) is 106 Å². The Morgan fingerprint density at radius 1 is 1.12 bits per heavy atom. The number of carbonyl (C=O) groups excluding carboxylic acids is 2. The molecule has 0 aromatic heterocycles. The van der Waals surface area contributed by atoms with E-state index in [1.807, 2.05) is 13.8 Å². The van der Waals surface area contributed by atoms with Crippen LogP contribution in [0.4, 0.5) is 0 Å². The standard InChI is InChI=1S/C25H28ClNO7/c1-14(2)34-10-6-9-27-22(15-7-5-8-16(28)11-15)21(24(30)25(27)31)23(29)17-12-20(33-4)18(26)13-19(17)32-3/h5,7-8,11-14,22,28-29H,6,9-10H2,1-4H3/b23-21+. The van der Waals surface area contributed by atoms with Gasteiger partial charge in [0.25, 0.3) is 11.7 Å². The summed E-state index contributed by atoms with van der Waals surface area (Å²) in [6.07, 6.45) is 0.517. The number of nitrogens with zero attached hydrogens (tertiary/aromatic N) is 1. The van der Waals surface area contributed by atoms with E-state index in [9.17, 15) is 19.8 Å². The minimum Gasteiger partial charge on any atom is -0.508 e. The molecule has 2 aromatic carbocycles. The maximum absolute atomic E-state index is 13.2. The van der Waals surface area contributed by atoms with Crippen molar-refractivity contribution in [2.24, 2.45) is 0 Å². The highest BCUT2D eigenvalue weighted by Gasteiger charge is 2.46. The third kappa shape index (κ3) is 5.13. The number of carbonyl (C=O) groups is 2. The van der Waals surface area contributed by atoms with Crippen LogP contribution in [-0.4, -0.2) is 60.3 Å². The van der Waals surface area contributed by atoms with Gasteiger partial charge in [0, 0.05) is 19.2 Å². The number of hydrogen-bond donors (Lipinski definition) is 2. The van der Waals surface area contributed by atoms with E-state index in [2.05, 4.69) is 0 Å². The maximum Gasteiger partial charge on any atom is 0.295 e. The molecular weight excluding hydrogens is 462 g/mol. The fraction of sp³-hybridized carbons (Fsp3) is 0.360. The number of Topliss-reactive ketones (excluding diaryl/α,β-unsaturated/α-hetero) is 1. The van der Waals surface area contributed by atoms with E-state index in [0.717, 1.165) is 0 Å². The fourth-order valence-corrected chi connectivity index (χ4v) is 4.13. The first-order chi connectivity index (χ1) is 16.2. The Kier molecular flexibility index (Phi) is 8.06. The van der Waals surface area contributed by atoms with Crippen molar-refractivity contribution in [3.8, 4) is 17.2 Å². The number of aliphatic hydroxyl groups excluding tert-OH is 1. The molecule has 1 unspecified atom stereocenters. The number of halogens is 1. The van der Waals surface area contributed by atoms with Crippen molar-refractivity contribution in [3.05, 3.63) is 58.1 Å². The lowest BCUT2D eigenvalue weighted by Crippen LogP contribution is -2.31. The molecule has 8 nitrogen and oxygen atoms in total. The molecule has 1 amide bonds. The summed E-state index contributed by atoms with van der Waals surface area (Å²) in [6, 6.07) is 8.22. The van der Waals surface area contributed by atoms with Gasteiger partial charge in [-0.15, -0.1) is 0 Å². The first-order valence-electron chi connectivity index (χ1n) is 10.8. The number of benzene rings is 2. The molecule has 1 saturated heterocycles. The molecule has 2 N–H and O–H groups in total. The molecule has 1 atom stereocenters. The minimum atomic E-state index is -0.919. The predicted molar refractivity (Wildman–Crippen MR) is 127 cm³/mol. The number of amides is 1. The van der Waals surface area contributed by atoms with Crippen LogP contribution >= 0.6 is 11.6 Å². The van der Waals surface area contributed by atoms with Gasteiger partial charge in [0.1, 0.15) is 23.0 Å². The van der Waals surface area contributed by atoms with Crippen molar-refractivity contribution in [1.82, 2.24) is 4.90 Å². The van der Waals surface area contributed by atoms with Gasteiger partial charge >= 0.3 is 0 Å². The highest BCUT2D eigenvalue weighted by Crippen LogP contribution is 2.43. The summed E-state index contributed by atoms with van der Waals surface area (Å²) in [7, 11) is 2.82. The first kappa shape index (κ1) is 25.4. The van der Waals surface area contributed by atoms with Gasteiger partial charge in [0.2, 0.25) is 0 Å². The van der Waals surface area contributed by atoms with Crippen LogP contribution in [0, 0.1) is 0 Å². The third-order valence-corrected chi connectivity index (χ3v) is 5.74. The van der Waals surface area contributed by atoms with Gasteiger partial charge in [-0.2, -0.15) is 0 Å². The van der Waals surface area contributed by atoms with Gasteiger partial charge in [-0.1, -0.05) is 23.7 Å². The molecule has 1 aliphatic rings. The van der Waals surface area contributed by atoms with Crippen molar-refractivity contribution in [2.75, 3.05) is 27.4 Å². The average molecular weight is 490 g/mol. The Balaban J connectivity index is 2.14. The Morgan fingerprint density at radius 3 is 2.44 bits per heavy atom. The lowest BCUT2D eigenvalue weighted by atomic mass is 9.94. The molecule has 34 heavy (non-hydrogen) atoms. The smallest absolute Gasteiger partial charge is 0.295 e. The summed E-state index contributed by atoms with van der Waals surface area (Å²) in [6.45, 7) is 4.44. The Bertz CT molecular complexity index is 1110. The van der Waals surface area contributed by atoms with Crippen molar-refractivity contribution in [2.45, 2.75) is 32.4 Å². The van der Waals surface area contributed by atoms with Crippen LogP contribution in [0.5, 0.6) is 17.2 Å². The number of rotatable bonds is 9. The van der Waals surface area contributed by atoms with E-state index >= 15 is 0 Å². The van der Waals surface area contributed by atoms with Gasteiger partial charge in [0.15, 0.2) is 0 Å². The molecule has 0 spiro atoms. The van der Waals surface area contributed by atoms with Crippen LogP contribution in [0.25, 0.3) is 5.76 Å². The zero-order chi connectivity index (χ0) is 25.0. The van der Waals surface area contributed by atoms with E-state index in [0.29, 0.717) is 18.6 Å². The Labute approximate surface area is 203 Å². The Morgan fingerprint density at radius 2 is 1.82 bits per heavy atom. The molecule has 1 aliphatic heterocycles. The van der Waals surface area contributed by atoms with Crippen LogP contribution < -0.4 is 9.47 Å². The van der Waals surface area contributed by atoms with Gasteiger partial charge in [-0.25, -0.2) is 0 Å². The Hall–Kier alpha value is -3.23. The van der Waals surface area contributed by atoms with Crippen molar-refractivity contribution in [1.29, 1.82) is 0 Å². The second-order valence-corrected chi connectivity index (χ2v) is 8.45. The zero-order valence-corrected chi connectivity index (χ0v) is 20.3. The number of hydrogen-bond acceptors (Lipinski definition) is 7. The highest BCUT2D eigenvalue weighted by molar-refractivity contribution is 6.46. The van der Waals surface area contributed by atoms with Gasteiger partial charge in [-0.05, 0) is 44.0 Å². The van der Waals surface area contributed by atoms with E-state index < -0.39 is 23.5 Å². The number of ether oxygens (including phenoxy) is 3. The summed E-state index contributed by atoms with van der Waals surface area (Å²) in [5.41, 5.74) is 0.503. The van der Waals surface area contributed by atoms with Crippen LogP contribution in [-0.2, 0) is 14.3 Å². The number of aliphatic hydroxyl groups is 1. The molecule has 2 aromatic rings. The molecular formula is C25H28ClNO7. The second-order valence-electron chi connectivity index (χ2n) is 8.05. The highest BCUT2D eigenvalue weighted by atomic mass is 35.5. The lowest BCUT2D eigenvalue weighted by Gasteiger charge is -2.25. The summed E-state index contributed by atoms with van der Waals surface area (Å²) in [4.78, 5) is 27.6. The molecule has 9 heteroatoms. The zero-order valence-electron chi connectivity index (χ0n) is 19.5. The first-order valence-corrected chi connectivity index (χ1v) is 11.2. The normalized spacial score (nSPS) is 17.5. The molecule has 0 saturated carbocycles. The quantitative estimate of drug-likeness (QED) is 0.234. The summed E-state index contributed by atoms with van der Waals surface area (Å²) < 4.78 is 16.2. The fourth-order valence-electron chi connectivity index (χ4n) is 3.90. The number of aromatic hydroxyl groups is 1. The molecule has 1 heterocycles. The summed E-state index contributed by atoms with van der Waals surface area (Å²) in [5.74, 6) is -1.59. The van der Waals surface area contributed by atoms with Gasteiger partial charge in [-0.3, -0.25) is 9.59 Å². The third-order valence-electron chi connectivity index (χ3n) is 5.45. The molecule has 1 fully saturated rings. The van der Waals surface area contributed by atoms with E-state index in [-0.39, 0.29) is 46.1 Å². The molecule has 3 rings (SSSR count). The largest absolute Gasteiger partial charge is 0.508 e. The predicted octanol–water partition coefficient (Wildman–Crippen LogP) is 4.30. The number of likely N-dealkylation sites (tertiary alicyclic amines) is 1. The van der Waals surface area contributed by atoms with Gasteiger partial charge < -0.3 is 29.3 Å². The maximum atomic E-state index is 13.2. The van der Waals surface area contributed by atoms with Crippen molar-refractivity contribution < 1.29 is 34.0 Å². The average Bonchev–Trinajstić information content (AvgIpc) is 3.06. The summed E-state index contributed by atoms with van der Waals surface area (Å²) in [5, 5.41) is 21.6. The van der Waals surface area contributed by atoms with Crippen LogP contribution in [0.15, 0.2) is 42.0 Å². The van der Waals surface area contributed by atoms with E-state index in [1.54, 1.807) is 12.1 Å². The van der Waals surface area contributed by atoms with E-state index in [1.165, 1.54) is 43.4 Å².